The smallest absolute Gasteiger partial charge is 0.266 e. The maximum absolute atomic E-state index is 12.7. The molecule has 1 N–H and O–H groups in total. The summed E-state index contributed by atoms with van der Waals surface area (Å²) in [6, 6.07) is 23.9. The molecule has 0 aliphatic carbocycles. The number of benzene rings is 3. The molecule has 0 fully saturated rings. The number of amides is 1. The van der Waals surface area contributed by atoms with E-state index in [4.69, 9.17) is 32.7 Å². The third-order valence-electron chi connectivity index (χ3n) is 5.99. The number of nitrogens with zero attached hydrogens (tertiary/aromatic N) is 2. The number of methoxy groups -OCH3 is 1. The van der Waals surface area contributed by atoms with Gasteiger partial charge in [0, 0.05) is 38.4 Å². The van der Waals surface area contributed by atoms with Crippen molar-refractivity contribution in [2.45, 2.75) is 20.5 Å². The van der Waals surface area contributed by atoms with Gasteiger partial charge in [-0.1, -0.05) is 29.3 Å². The van der Waals surface area contributed by atoms with Gasteiger partial charge in [0.05, 0.1) is 7.11 Å². The normalized spacial score (nSPS) is 11.1. The Morgan fingerprint density at radius 2 is 1.68 bits per heavy atom. The van der Waals surface area contributed by atoms with Crippen molar-refractivity contribution in [3.8, 4) is 23.3 Å². The molecule has 1 aromatic heterocycles. The molecule has 4 aromatic rings. The second-order valence-electron chi connectivity index (χ2n) is 8.53. The van der Waals surface area contributed by atoms with Crippen LogP contribution in [0.4, 0.5) is 5.69 Å². The lowest BCUT2D eigenvalue weighted by Crippen LogP contribution is -2.13. The molecule has 0 saturated carbocycles. The lowest BCUT2D eigenvalue weighted by Gasteiger charge is -2.12. The Hall–Kier alpha value is -4.18. The first-order valence-electron chi connectivity index (χ1n) is 11.7. The van der Waals surface area contributed by atoms with Crippen LogP contribution in [0.1, 0.15) is 22.5 Å². The first-order valence-corrected chi connectivity index (χ1v) is 12.5. The molecule has 38 heavy (non-hydrogen) atoms. The Morgan fingerprint density at radius 1 is 1.00 bits per heavy atom. The maximum Gasteiger partial charge on any atom is 0.266 e. The van der Waals surface area contributed by atoms with E-state index in [2.05, 4.69) is 9.88 Å². The number of rotatable bonds is 8. The van der Waals surface area contributed by atoms with E-state index in [0.29, 0.717) is 33.8 Å². The summed E-state index contributed by atoms with van der Waals surface area (Å²) in [6.45, 7) is 4.24. The summed E-state index contributed by atoms with van der Waals surface area (Å²) in [6.07, 6.45) is 1.60. The van der Waals surface area contributed by atoms with Crippen LogP contribution in [0.2, 0.25) is 10.0 Å². The lowest BCUT2D eigenvalue weighted by molar-refractivity contribution is -0.112. The number of anilines is 1. The van der Waals surface area contributed by atoms with Gasteiger partial charge in [-0.15, -0.1) is 0 Å². The van der Waals surface area contributed by atoms with Crippen molar-refractivity contribution in [1.29, 1.82) is 5.26 Å². The van der Waals surface area contributed by atoms with Crippen LogP contribution in [0.25, 0.3) is 11.8 Å². The number of carbonyl (C=O) groups excluding carboxylic acids is 1. The highest BCUT2D eigenvalue weighted by Crippen LogP contribution is 2.26. The number of hydrogen-bond donors (Lipinski definition) is 1. The van der Waals surface area contributed by atoms with Gasteiger partial charge < -0.3 is 19.4 Å². The van der Waals surface area contributed by atoms with Gasteiger partial charge in [-0.25, -0.2) is 0 Å². The molecule has 1 heterocycles. The number of ether oxygens (including phenoxy) is 2. The predicted molar refractivity (Wildman–Crippen MR) is 151 cm³/mol. The summed E-state index contributed by atoms with van der Waals surface area (Å²) < 4.78 is 13.1. The second kappa shape index (κ2) is 11.9. The molecule has 3 aromatic carbocycles. The number of nitrogens with one attached hydrogen (secondary N) is 1. The van der Waals surface area contributed by atoms with Gasteiger partial charge in [0.25, 0.3) is 5.91 Å². The molecule has 0 aliphatic heterocycles. The number of nitriles is 1. The Kier molecular flexibility index (Phi) is 8.42. The molecular formula is C30H25Cl2N3O3. The lowest BCUT2D eigenvalue weighted by atomic mass is 10.1. The molecule has 0 atom stereocenters. The predicted octanol–water partition coefficient (Wildman–Crippen LogP) is 7.53. The Bertz CT molecular complexity index is 1530. The van der Waals surface area contributed by atoms with Gasteiger partial charge in [0.15, 0.2) is 0 Å². The summed E-state index contributed by atoms with van der Waals surface area (Å²) in [4.78, 5) is 12.7. The maximum atomic E-state index is 12.7. The fourth-order valence-corrected chi connectivity index (χ4v) is 4.46. The zero-order valence-electron chi connectivity index (χ0n) is 21.1. The van der Waals surface area contributed by atoms with E-state index in [1.165, 1.54) is 0 Å². The van der Waals surface area contributed by atoms with Crippen molar-refractivity contribution in [3.63, 3.8) is 0 Å². The van der Waals surface area contributed by atoms with Crippen LogP contribution in [0.15, 0.2) is 78.4 Å². The molecule has 1 amide bonds. The number of aromatic nitrogens is 1. The SMILES string of the molecule is COc1ccc(NC(=O)/C(C#N)=C\c2cc(C)n(-c3ccc(OCc4ccc(Cl)cc4Cl)cc3)c2C)cc1. The molecule has 0 radical (unpaired) electrons. The minimum atomic E-state index is -0.482. The van der Waals surface area contributed by atoms with E-state index in [9.17, 15) is 10.1 Å². The van der Waals surface area contributed by atoms with Crippen LogP contribution in [0, 0.1) is 25.2 Å². The highest BCUT2D eigenvalue weighted by molar-refractivity contribution is 6.35. The van der Waals surface area contributed by atoms with Gasteiger partial charge in [0.2, 0.25) is 0 Å². The van der Waals surface area contributed by atoms with Crippen LogP contribution >= 0.6 is 23.2 Å². The minimum absolute atomic E-state index is 0.00526. The van der Waals surface area contributed by atoms with Gasteiger partial charge in [0.1, 0.15) is 29.7 Å². The summed E-state index contributed by atoms with van der Waals surface area (Å²) in [7, 11) is 1.57. The van der Waals surface area contributed by atoms with Crippen LogP contribution < -0.4 is 14.8 Å². The molecule has 0 aliphatic rings. The average molecular weight is 546 g/mol. The van der Waals surface area contributed by atoms with Crippen molar-refractivity contribution in [3.05, 3.63) is 111 Å². The minimum Gasteiger partial charge on any atom is -0.497 e. The quantitative estimate of drug-likeness (QED) is 0.183. The first-order chi connectivity index (χ1) is 18.3. The largest absolute Gasteiger partial charge is 0.497 e. The molecular weight excluding hydrogens is 521 g/mol. The Morgan fingerprint density at radius 3 is 2.32 bits per heavy atom. The standard InChI is InChI=1S/C30H25Cl2N3O3/c1-19-14-22(15-23(17-33)30(36)34-25-6-10-27(37-3)11-7-25)20(2)35(19)26-8-12-28(13-9-26)38-18-21-4-5-24(31)16-29(21)32/h4-16H,18H2,1-3H3,(H,34,36)/b23-15-. The molecule has 192 valence electrons. The molecule has 0 saturated heterocycles. The molecule has 0 unspecified atom stereocenters. The number of halogens is 2. The van der Waals surface area contributed by atoms with Crippen molar-refractivity contribution >= 4 is 40.9 Å². The number of carbonyl (C=O) groups is 1. The van der Waals surface area contributed by atoms with E-state index in [-0.39, 0.29) is 5.57 Å². The summed E-state index contributed by atoms with van der Waals surface area (Å²) in [5.41, 5.74) is 4.99. The van der Waals surface area contributed by atoms with Crippen LogP contribution in [0.5, 0.6) is 11.5 Å². The molecule has 4 rings (SSSR count). The van der Waals surface area contributed by atoms with Crippen molar-refractivity contribution in [2.75, 3.05) is 12.4 Å². The highest BCUT2D eigenvalue weighted by Gasteiger charge is 2.14. The zero-order valence-corrected chi connectivity index (χ0v) is 22.6. The molecule has 8 heteroatoms. The van der Waals surface area contributed by atoms with Crippen molar-refractivity contribution in [1.82, 2.24) is 4.57 Å². The summed E-state index contributed by atoms with van der Waals surface area (Å²) in [5, 5.41) is 13.6. The van der Waals surface area contributed by atoms with Crippen molar-refractivity contribution in [2.24, 2.45) is 0 Å². The fourth-order valence-electron chi connectivity index (χ4n) is 4.00. The van der Waals surface area contributed by atoms with E-state index in [0.717, 1.165) is 28.2 Å². The Balaban J connectivity index is 1.50. The summed E-state index contributed by atoms with van der Waals surface area (Å²) in [5.74, 6) is 0.895. The monoisotopic (exact) mass is 545 g/mol. The second-order valence-corrected chi connectivity index (χ2v) is 9.38. The van der Waals surface area contributed by atoms with Gasteiger partial charge in [-0.3, -0.25) is 4.79 Å². The molecule has 0 bridgehead atoms. The van der Waals surface area contributed by atoms with Crippen LogP contribution in [0.3, 0.4) is 0 Å². The average Bonchev–Trinajstić information content (AvgIpc) is 3.19. The topological polar surface area (TPSA) is 76.3 Å². The first kappa shape index (κ1) is 26.9. The fraction of sp³-hybridized carbons (Fsp3) is 0.133. The van der Waals surface area contributed by atoms with Gasteiger partial charge >= 0.3 is 0 Å². The number of hydrogen-bond acceptors (Lipinski definition) is 4. The summed E-state index contributed by atoms with van der Waals surface area (Å²) >= 11 is 12.2. The third kappa shape index (κ3) is 6.20. The number of aryl methyl sites for hydroxylation is 1. The highest BCUT2D eigenvalue weighted by atomic mass is 35.5. The van der Waals surface area contributed by atoms with Crippen molar-refractivity contribution < 1.29 is 14.3 Å². The van der Waals surface area contributed by atoms with E-state index in [1.807, 2.05) is 56.3 Å². The van der Waals surface area contributed by atoms with Gasteiger partial charge in [-0.2, -0.15) is 5.26 Å². The molecule has 0 spiro atoms. The molecule has 6 nitrogen and oxygen atoms in total. The van der Waals surface area contributed by atoms with E-state index < -0.39 is 5.91 Å². The van der Waals surface area contributed by atoms with Crippen LogP contribution in [-0.2, 0) is 11.4 Å². The zero-order chi connectivity index (χ0) is 27.2. The third-order valence-corrected chi connectivity index (χ3v) is 6.57. The van der Waals surface area contributed by atoms with E-state index in [1.54, 1.807) is 49.6 Å². The van der Waals surface area contributed by atoms with Gasteiger partial charge in [-0.05, 0) is 92.2 Å². The van der Waals surface area contributed by atoms with E-state index >= 15 is 0 Å². The van der Waals surface area contributed by atoms with Crippen LogP contribution in [-0.4, -0.2) is 17.6 Å². The Labute approximate surface area is 231 Å².